The molecular weight excluding hydrogens is 144 g/mol. The van der Waals surface area contributed by atoms with Gasteiger partial charge in [0.1, 0.15) is 12.2 Å². The van der Waals surface area contributed by atoms with Crippen molar-refractivity contribution in [2.24, 2.45) is 0 Å². The molecule has 3 nitrogen and oxygen atoms in total. The van der Waals surface area contributed by atoms with E-state index in [9.17, 15) is 9.90 Å². The molecule has 0 bridgehead atoms. The summed E-state index contributed by atoms with van der Waals surface area (Å²) in [7, 11) is 0. The molecule has 0 amide bonds. The van der Waals surface area contributed by atoms with Gasteiger partial charge in [-0.25, -0.2) is 0 Å². The Morgan fingerprint density at radius 2 is 2.09 bits per heavy atom. The topological polar surface area (TPSA) is 57.5 Å². The van der Waals surface area contributed by atoms with Crippen LogP contribution in [-0.2, 0) is 4.79 Å². The molecule has 1 aliphatic carbocycles. The van der Waals surface area contributed by atoms with Crippen molar-refractivity contribution in [2.45, 2.75) is 32.0 Å². The minimum absolute atomic E-state index is 0.374. The SMILES string of the molecule is CCCC1=CC(=O)[C@H](O)[C@@H]1O. The summed E-state index contributed by atoms with van der Waals surface area (Å²) in [6, 6.07) is 0. The van der Waals surface area contributed by atoms with E-state index in [1.54, 1.807) is 0 Å². The van der Waals surface area contributed by atoms with Crippen LogP contribution in [0.25, 0.3) is 0 Å². The molecule has 0 aromatic rings. The number of rotatable bonds is 2. The van der Waals surface area contributed by atoms with Gasteiger partial charge >= 0.3 is 0 Å². The lowest BCUT2D eigenvalue weighted by Crippen LogP contribution is -2.27. The van der Waals surface area contributed by atoms with Gasteiger partial charge in [-0.1, -0.05) is 13.3 Å². The first-order valence-corrected chi connectivity index (χ1v) is 3.77. The van der Waals surface area contributed by atoms with E-state index in [4.69, 9.17) is 5.11 Å². The number of carbonyl (C=O) groups is 1. The van der Waals surface area contributed by atoms with Gasteiger partial charge in [-0.3, -0.25) is 4.79 Å². The molecule has 1 rings (SSSR count). The van der Waals surface area contributed by atoms with Crippen LogP contribution < -0.4 is 0 Å². The molecule has 0 unspecified atom stereocenters. The standard InChI is InChI=1S/C8H12O3/c1-2-3-5-4-6(9)8(11)7(5)10/h4,7-8,10-11H,2-3H2,1H3/t7-,8+/m1/s1. The second-order valence-corrected chi connectivity index (χ2v) is 2.76. The minimum Gasteiger partial charge on any atom is -0.386 e. The van der Waals surface area contributed by atoms with E-state index in [0.29, 0.717) is 12.0 Å². The number of hydrogen-bond donors (Lipinski definition) is 2. The van der Waals surface area contributed by atoms with E-state index in [-0.39, 0.29) is 5.78 Å². The van der Waals surface area contributed by atoms with E-state index in [2.05, 4.69) is 0 Å². The van der Waals surface area contributed by atoms with Crippen molar-refractivity contribution in [3.05, 3.63) is 11.6 Å². The van der Waals surface area contributed by atoms with Gasteiger partial charge in [-0.2, -0.15) is 0 Å². The van der Waals surface area contributed by atoms with Crippen LogP contribution >= 0.6 is 0 Å². The molecule has 11 heavy (non-hydrogen) atoms. The third kappa shape index (κ3) is 1.49. The molecule has 3 heteroatoms. The first kappa shape index (κ1) is 8.43. The van der Waals surface area contributed by atoms with Gasteiger partial charge in [0.05, 0.1) is 0 Å². The van der Waals surface area contributed by atoms with Crippen molar-refractivity contribution >= 4 is 5.78 Å². The third-order valence-corrected chi connectivity index (χ3v) is 1.84. The van der Waals surface area contributed by atoms with Crippen molar-refractivity contribution in [3.63, 3.8) is 0 Å². The third-order valence-electron chi connectivity index (χ3n) is 1.84. The average Bonchev–Trinajstić information content (AvgIpc) is 2.19. The number of aliphatic hydroxyl groups excluding tert-OH is 2. The number of ketones is 1. The fourth-order valence-corrected chi connectivity index (χ4v) is 1.22. The molecule has 0 saturated heterocycles. The van der Waals surface area contributed by atoms with Gasteiger partial charge in [-0.15, -0.1) is 0 Å². The molecule has 0 saturated carbocycles. The largest absolute Gasteiger partial charge is 0.386 e. The molecule has 1 aliphatic rings. The lowest BCUT2D eigenvalue weighted by Gasteiger charge is -2.09. The van der Waals surface area contributed by atoms with E-state index >= 15 is 0 Å². The number of carbonyl (C=O) groups excluding carboxylic acids is 1. The predicted octanol–water partition coefficient (Wildman–Crippen LogP) is 0.0174. The molecule has 2 N–H and O–H groups in total. The zero-order valence-electron chi connectivity index (χ0n) is 6.45. The Labute approximate surface area is 65.3 Å². The smallest absolute Gasteiger partial charge is 0.187 e. The molecular formula is C8H12O3. The first-order valence-electron chi connectivity index (χ1n) is 3.77. The van der Waals surface area contributed by atoms with E-state index in [1.165, 1.54) is 6.08 Å². The van der Waals surface area contributed by atoms with Gasteiger partial charge in [-0.05, 0) is 18.1 Å². The fourth-order valence-electron chi connectivity index (χ4n) is 1.22. The van der Waals surface area contributed by atoms with E-state index in [0.717, 1.165) is 6.42 Å². The summed E-state index contributed by atoms with van der Waals surface area (Å²) in [5.74, 6) is -0.374. The van der Waals surface area contributed by atoms with Crippen LogP contribution in [0.3, 0.4) is 0 Å². The highest BCUT2D eigenvalue weighted by Crippen LogP contribution is 2.20. The Hall–Kier alpha value is -0.670. The molecule has 0 radical (unpaired) electrons. The Morgan fingerprint density at radius 1 is 1.45 bits per heavy atom. The summed E-state index contributed by atoms with van der Waals surface area (Å²) >= 11 is 0. The summed E-state index contributed by atoms with van der Waals surface area (Å²) in [5, 5.41) is 18.2. The quantitative estimate of drug-likeness (QED) is 0.592. The Balaban J connectivity index is 2.67. The summed E-state index contributed by atoms with van der Waals surface area (Å²) < 4.78 is 0. The zero-order chi connectivity index (χ0) is 8.43. The maximum absolute atomic E-state index is 10.8. The molecule has 0 heterocycles. The minimum atomic E-state index is -1.21. The lowest BCUT2D eigenvalue weighted by atomic mass is 10.1. The van der Waals surface area contributed by atoms with Crippen LogP contribution in [0.5, 0.6) is 0 Å². The number of hydrogen-bond acceptors (Lipinski definition) is 3. The maximum Gasteiger partial charge on any atom is 0.187 e. The highest BCUT2D eigenvalue weighted by molar-refractivity contribution is 5.97. The molecule has 62 valence electrons. The molecule has 0 fully saturated rings. The van der Waals surface area contributed by atoms with E-state index < -0.39 is 12.2 Å². The van der Waals surface area contributed by atoms with Crippen LogP contribution in [0.1, 0.15) is 19.8 Å². The molecule has 2 atom stereocenters. The predicted molar refractivity (Wildman–Crippen MR) is 40.0 cm³/mol. The second kappa shape index (κ2) is 3.15. The van der Waals surface area contributed by atoms with Crippen molar-refractivity contribution < 1.29 is 15.0 Å². The molecule has 0 aromatic heterocycles. The van der Waals surface area contributed by atoms with Gasteiger partial charge < -0.3 is 10.2 Å². The Morgan fingerprint density at radius 3 is 2.45 bits per heavy atom. The van der Waals surface area contributed by atoms with Crippen molar-refractivity contribution in [1.82, 2.24) is 0 Å². The lowest BCUT2D eigenvalue weighted by molar-refractivity contribution is -0.124. The van der Waals surface area contributed by atoms with Crippen molar-refractivity contribution in [2.75, 3.05) is 0 Å². The van der Waals surface area contributed by atoms with Crippen LogP contribution in [-0.4, -0.2) is 28.2 Å². The van der Waals surface area contributed by atoms with Gasteiger partial charge in [0.2, 0.25) is 0 Å². The average molecular weight is 156 g/mol. The van der Waals surface area contributed by atoms with Gasteiger partial charge in [0.25, 0.3) is 0 Å². The Kier molecular flexibility index (Phi) is 2.42. The molecule has 0 spiro atoms. The van der Waals surface area contributed by atoms with Gasteiger partial charge in [0.15, 0.2) is 5.78 Å². The highest BCUT2D eigenvalue weighted by Gasteiger charge is 2.31. The van der Waals surface area contributed by atoms with E-state index in [1.807, 2.05) is 6.92 Å². The van der Waals surface area contributed by atoms with Crippen LogP contribution in [0.4, 0.5) is 0 Å². The Bertz CT molecular complexity index is 196. The van der Waals surface area contributed by atoms with Crippen LogP contribution in [0.15, 0.2) is 11.6 Å². The summed E-state index contributed by atoms with van der Waals surface area (Å²) in [6.45, 7) is 1.96. The van der Waals surface area contributed by atoms with Crippen LogP contribution in [0.2, 0.25) is 0 Å². The monoisotopic (exact) mass is 156 g/mol. The van der Waals surface area contributed by atoms with Gasteiger partial charge in [0, 0.05) is 0 Å². The summed E-state index contributed by atoms with van der Waals surface area (Å²) in [5.41, 5.74) is 0.657. The van der Waals surface area contributed by atoms with Crippen molar-refractivity contribution in [1.29, 1.82) is 0 Å². The summed E-state index contributed by atoms with van der Waals surface area (Å²) in [4.78, 5) is 10.8. The molecule has 0 aliphatic heterocycles. The fraction of sp³-hybridized carbons (Fsp3) is 0.625. The maximum atomic E-state index is 10.8. The number of aliphatic hydroxyl groups is 2. The molecule has 0 aromatic carbocycles. The first-order chi connectivity index (χ1) is 5.16. The zero-order valence-corrected chi connectivity index (χ0v) is 6.45. The van der Waals surface area contributed by atoms with Crippen molar-refractivity contribution in [3.8, 4) is 0 Å². The van der Waals surface area contributed by atoms with Crippen LogP contribution in [0, 0.1) is 0 Å². The second-order valence-electron chi connectivity index (χ2n) is 2.76. The highest BCUT2D eigenvalue weighted by atomic mass is 16.3. The normalized spacial score (nSPS) is 30.8. The summed E-state index contributed by atoms with van der Waals surface area (Å²) in [6.07, 6.45) is 0.741.